The number of hydrogen-bond acceptors (Lipinski definition) is 7. The van der Waals surface area contributed by atoms with Gasteiger partial charge in [0.2, 0.25) is 5.95 Å². The quantitative estimate of drug-likeness (QED) is 0.418. The molecule has 0 atom stereocenters. The van der Waals surface area contributed by atoms with Crippen LogP contribution >= 0.6 is 0 Å². The van der Waals surface area contributed by atoms with Crippen molar-refractivity contribution in [1.29, 1.82) is 0 Å². The van der Waals surface area contributed by atoms with Crippen LogP contribution in [0.4, 0.5) is 17.5 Å². The third kappa shape index (κ3) is 5.76. The average molecular weight is 392 g/mol. The molecule has 29 heavy (non-hydrogen) atoms. The number of nitrogens with one attached hydrogen (secondary N) is 2. The van der Waals surface area contributed by atoms with Crippen molar-refractivity contribution in [1.82, 2.24) is 9.97 Å². The fourth-order valence-electron chi connectivity index (χ4n) is 2.75. The SMILES string of the molecule is COCCCNc1nc(Nc2cccc(C(=O)OC)c2)cc(-c2ccccc2)n1. The first-order valence-corrected chi connectivity index (χ1v) is 9.32. The molecule has 3 rings (SSSR count). The Hall–Kier alpha value is -3.45. The highest BCUT2D eigenvalue weighted by molar-refractivity contribution is 5.90. The van der Waals surface area contributed by atoms with Gasteiger partial charge < -0.3 is 20.1 Å². The Labute approximate surface area is 170 Å². The van der Waals surface area contributed by atoms with Crippen molar-refractivity contribution in [2.24, 2.45) is 0 Å². The Kier molecular flexibility index (Phi) is 7.13. The summed E-state index contributed by atoms with van der Waals surface area (Å²) in [6, 6.07) is 18.9. The zero-order valence-corrected chi connectivity index (χ0v) is 16.5. The highest BCUT2D eigenvalue weighted by Gasteiger charge is 2.09. The molecule has 1 heterocycles. The molecule has 1 aromatic heterocycles. The van der Waals surface area contributed by atoms with E-state index < -0.39 is 0 Å². The maximum atomic E-state index is 11.8. The highest BCUT2D eigenvalue weighted by atomic mass is 16.5. The maximum Gasteiger partial charge on any atom is 0.337 e. The molecular weight excluding hydrogens is 368 g/mol. The second kappa shape index (κ2) is 10.2. The lowest BCUT2D eigenvalue weighted by Gasteiger charge is -2.12. The number of carbonyl (C=O) groups is 1. The smallest absolute Gasteiger partial charge is 0.337 e. The van der Waals surface area contributed by atoms with Gasteiger partial charge in [-0.2, -0.15) is 4.98 Å². The highest BCUT2D eigenvalue weighted by Crippen LogP contribution is 2.24. The zero-order valence-electron chi connectivity index (χ0n) is 16.5. The molecule has 2 aromatic carbocycles. The molecule has 0 spiro atoms. The minimum Gasteiger partial charge on any atom is -0.465 e. The molecule has 2 N–H and O–H groups in total. The summed E-state index contributed by atoms with van der Waals surface area (Å²) in [6.45, 7) is 1.36. The van der Waals surface area contributed by atoms with Crippen LogP contribution in [-0.2, 0) is 9.47 Å². The predicted molar refractivity (Wildman–Crippen MR) is 114 cm³/mol. The zero-order chi connectivity index (χ0) is 20.5. The summed E-state index contributed by atoms with van der Waals surface area (Å²) in [5.41, 5.74) is 2.98. The first-order chi connectivity index (χ1) is 14.2. The van der Waals surface area contributed by atoms with Crippen LogP contribution in [0.15, 0.2) is 60.7 Å². The Morgan fingerprint density at radius 3 is 2.59 bits per heavy atom. The number of benzene rings is 2. The van der Waals surface area contributed by atoms with Gasteiger partial charge in [0.1, 0.15) is 5.82 Å². The molecule has 0 bridgehead atoms. The van der Waals surface area contributed by atoms with E-state index >= 15 is 0 Å². The second-order valence-electron chi connectivity index (χ2n) is 6.30. The van der Waals surface area contributed by atoms with E-state index in [0.29, 0.717) is 30.5 Å². The van der Waals surface area contributed by atoms with Crippen molar-refractivity contribution in [3.8, 4) is 11.3 Å². The molecule has 7 heteroatoms. The molecule has 0 aliphatic carbocycles. The molecule has 150 valence electrons. The molecule has 3 aromatic rings. The largest absolute Gasteiger partial charge is 0.465 e. The van der Waals surface area contributed by atoms with Gasteiger partial charge in [-0.05, 0) is 24.6 Å². The van der Waals surface area contributed by atoms with Crippen LogP contribution in [0.5, 0.6) is 0 Å². The van der Waals surface area contributed by atoms with Gasteiger partial charge in [0, 0.05) is 37.6 Å². The number of aromatic nitrogens is 2. The van der Waals surface area contributed by atoms with E-state index in [9.17, 15) is 4.79 Å². The molecule has 0 amide bonds. The van der Waals surface area contributed by atoms with E-state index in [1.807, 2.05) is 42.5 Å². The lowest BCUT2D eigenvalue weighted by molar-refractivity contribution is 0.0601. The van der Waals surface area contributed by atoms with Crippen molar-refractivity contribution in [3.05, 3.63) is 66.2 Å². The summed E-state index contributed by atoms with van der Waals surface area (Å²) in [5.74, 6) is 0.756. The first-order valence-electron chi connectivity index (χ1n) is 9.32. The van der Waals surface area contributed by atoms with Gasteiger partial charge in [-0.15, -0.1) is 0 Å². The number of methoxy groups -OCH3 is 2. The number of anilines is 3. The van der Waals surface area contributed by atoms with E-state index in [-0.39, 0.29) is 5.97 Å². The fourth-order valence-corrected chi connectivity index (χ4v) is 2.75. The lowest BCUT2D eigenvalue weighted by Crippen LogP contribution is -2.09. The normalized spacial score (nSPS) is 10.4. The van der Waals surface area contributed by atoms with E-state index in [4.69, 9.17) is 9.47 Å². The van der Waals surface area contributed by atoms with Crippen molar-refractivity contribution in [2.45, 2.75) is 6.42 Å². The number of esters is 1. The van der Waals surface area contributed by atoms with Crippen LogP contribution in [0.1, 0.15) is 16.8 Å². The summed E-state index contributed by atoms with van der Waals surface area (Å²) >= 11 is 0. The van der Waals surface area contributed by atoms with Crippen LogP contribution < -0.4 is 10.6 Å². The molecule has 0 radical (unpaired) electrons. The van der Waals surface area contributed by atoms with E-state index in [1.54, 1.807) is 25.3 Å². The molecule has 0 aliphatic heterocycles. The molecule has 0 saturated heterocycles. The fraction of sp³-hybridized carbons (Fsp3) is 0.227. The van der Waals surface area contributed by atoms with Gasteiger partial charge in [0.15, 0.2) is 0 Å². The Morgan fingerprint density at radius 1 is 1.00 bits per heavy atom. The third-order valence-electron chi connectivity index (χ3n) is 4.16. The topological polar surface area (TPSA) is 85.4 Å². The van der Waals surface area contributed by atoms with Crippen molar-refractivity contribution >= 4 is 23.4 Å². The van der Waals surface area contributed by atoms with Gasteiger partial charge in [0.05, 0.1) is 18.4 Å². The minimum absolute atomic E-state index is 0.387. The number of rotatable bonds is 9. The Morgan fingerprint density at radius 2 is 1.83 bits per heavy atom. The first kappa shape index (κ1) is 20.3. The van der Waals surface area contributed by atoms with E-state index in [0.717, 1.165) is 23.4 Å². The summed E-state index contributed by atoms with van der Waals surface area (Å²) in [5, 5.41) is 6.49. The summed E-state index contributed by atoms with van der Waals surface area (Å²) in [7, 11) is 3.04. The molecular formula is C22H24N4O3. The average Bonchev–Trinajstić information content (AvgIpc) is 2.77. The minimum atomic E-state index is -0.387. The van der Waals surface area contributed by atoms with Gasteiger partial charge in [-0.1, -0.05) is 36.4 Å². The number of nitrogens with zero attached hydrogens (tertiary/aromatic N) is 2. The standard InChI is InChI=1S/C22H24N4O3/c1-28-13-7-12-23-22-25-19(16-8-4-3-5-9-16)15-20(26-22)24-18-11-6-10-17(14-18)21(27)29-2/h3-6,8-11,14-15H,7,12-13H2,1-2H3,(H2,23,24,25,26). The van der Waals surface area contributed by atoms with E-state index in [2.05, 4.69) is 20.6 Å². The molecule has 0 unspecified atom stereocenters. The van der Waals surface area contributed by atoms with Crippen molar-refractivity contribution < 1.29 is 14.3 Å². The lowest BCUT2D eigenvalue weighted by atomic mass is 10.1. The Balaban J connectivity index is 1.87. The maximum absolute atomic E-state index is 11.8. The summed E-state index contributed by atoms with van der Waals surface area (Å²) in [6.07, 6.45) is 0.847. The summed E-state index contributed by atoms with van der Waals surface area (Å²) < 4.78 is 9.87. The van der Waals surface area contributed by atoms with Crippen LogP contribution in [-0.4, -0.2) is 43.3 Å². The number of hydrogen-bond donors (Lipinski definition) is 2. The van der Waals surface area contributed by atoms with E-state index in [1.165, 1.54) is 7.11 Å². The van der Waals surface area contributed by atoms with Gasteiger partial charge in [0.25, 0.3) is 0 Å². The van der Waals surface area contributed by atoms with Crippen molar-refractivity contribution in [3.63, 3.8) is 0 Å². The molecule has 0 fully saturated rings. The van der Waals surface area contributed by atoms with Crippen LogP contribution in [0.2, 0.25) is 0 Å². The third-order valence-corrected chi connectivity index (χ3v) is 4.16. The Bertz CT molecular complexity index is 948. The molecule has 7 nitrogen and oxygen atoms in total. The van der Waals surface area contributed by atoms with Gasteiger partial charge in [-0.3, -0.25) is 0 Å². The van der Waals surface area contributed by atoms with Gasteiger partial charge >= 0.3 is 5.97 Å². The number of carbonyl (C=O) groups excluding carboxylic acids is 1. The monoisotopic (exact) mass is 392 g/mol. The van der Waals surface area contributed by atoms with Gasteiger partial charge in [-0.25, -0.2) is 9.78 Å². The number of ether oxygens (including phenoxy) is 2. The van der Waals surface area contributed by atoms with Crippen LogP contribution in [0.3, 0.4) is 0 Å². The second-order valence-corrected chi connectivity index (χ2v) is 6.30. The predicted octanol–water partition coefficient (Wildman–Crippen LogP) is 4.12. The summed E-state index contributed by atoms with van der Waals surface area (Å²) in [4.78, 5) is 21.0. The molecule has 0 saturated carbocycles. The van der Waals surface area contributed by atoms with Crippen molar-refractivity contribution in [2.75, 3.05) is 38.0 Å². The van der Waals surface area contributed by atoms with Crippen LogP contribution in [0.25, 0.3) is 11.3 Å². The molecule has 0 aliphatic rings. The van der Waals surface area contributed by atoms with Crippen LogP contribution in [0, 0.1) is 0 Å².